The van der Waals surface area contributed by atoms with Crippen molar-refractivity contribution in [2.45, 2.75) is 79.1 Å². The van der Waals surface area contributed by atoms with E-state index in [4.69, 9.17) is 4.74 Å². The maximum absolute atomic E-state index is 5.68. The molecule has 0 aliphatic carbocycles. The molecule has 0 saturated heterocycles. The molecule has 1 aromatic carbocycles. The minimum absolute atomic E-state index is 0.597. The number of methoxy groups -OCH3 is 1. The number of rotatable bonds is 11. The number of allylic oxidation sites excluding steroid dienone is 1. The molecule has 0 atom stereocenters. The molecule has 0 spiro atoms. The van der Waals surface area contributed by atoms with Crippen LogP contribution in [-0.2, 0) is 6.42 Å². The van der Waals surface area contributed by atoms with Crippen LogP contribution in [-0.4, -0.2) is 7.11 Å². The van der Waals surface area contributed by atoms with Crippen molar-refractivity contribution < 1.29 is 4.74 Å². The third-order valence-corrected chi connectivity index (χ3v) is 4.79. The summed E-state index contributed by atoms with van der Waals surface area (Å²) in [5.41, 5.74) is 5.29. The molecule has 0 aromatic heterocycles. The molecule has 0 heterocycles. The summed E-state index contributed by atoms with van der Waals surface area (Å²) in [5.74, 6) is 1.63. The number of unbranched alkanes of at least 4 members (excludes halogenated alkanes) is 2. The second kappa shape index (κ2) is 10.5. The minimum atomic E-state index is 0.597. The summed E-state index contributed by atoms with van der Waals surface area (Å²) in [6.45, 7) is 13.4. The summed E-state index contributed by atoms with van der Waals surface area (Å²) in [5, 5.41) is 0. The van der Waals surface area contributed by atoms with Crippen LogP contribution < -0.4 is 4.74 Å². The van der Waals surface area contributed by atoms with Crippen LogP contribution in [0.2, 0.25) is 0 Å². The van der Waals surface area contributed by atoms with Crippen molar-refractivity contribution in [1.29, 1.82) is 0 Å². The highest BCUT2D eigenvalue weighted by Crippen LogP contribution is 2.35. The largest absolute Gasteiger partial charge is 0.496 e. The third kappa shape index (κ3) is 5.71. The molecular weight excluding hydrogens is 280 g/mol. The molecule has 0 radical (unpaired) electrons. The van der Waals surface area contributed by atoms with E-state index in [1.54, 1.807) is 7.11 Å². The van der Waals surface area contributed by atoms with E-state index < -0.39 is 0 Å². The van der Waals surface area contributed by atoms with E-state index in [2.05, 4.69) is 46.4 Å². The molecular formula is C22H36O. The van der Waals surface area contributed by atoms with Gasteiger partial charge in [0, 0.05) is 0 Å². The van der Waals surface area contributed by atoms with E-state index in [1.807, 2.05) is 0 Å². The van der Waals surface area contributed by atoms with Gasteiger partial charge in [0.1, 0.15) is 5.75 Å². The van der Waals surface area contributed by atoms with Crippen LogP contribution in [0, 0.1) is 12.8 Å². The lowest BCUT2D eigenvalue weighted by atomic mass is 9.84. The van der Waals surface area contributed by atoms with Gasteiger partial charge in [0.2, 0.25) is 0 Å². The highest BCUT2D eigenvalue weighted by molar-refractivity contribution is 5.70. The zero-order chi connectivity index (χ0) is 17.2. The Balaban J connectivity index is 3.04. The van der Waals surface area contributed by atoms with Gasteiger partial charge < -0.3 is 4.74 Å². The van der Waals surface area contributed by atoms with Gasteiger partial charge in [-0.3, -0.25) is 0 Å². The molecule has 0 unspecified atom stereocenters. The van der Waals surface area contributed by atoms with Crippen LogP contribution >= 0.6 is 0 Å². The van der Waals surface area contributed by atoms with Gasteiger partial charge in [0.15, 0.2) is 0 Å². The molecule has 0 N–H and O–H groups in total. The van der Waals surface area contributed by atoms with E-state index in [9.17, 15) is 0 Å². The Morgan fingerprint density at radius 2 is 1.70 bits per heavy atom. The lowest BCUT2D eigenvalue weighted by Crippen LogP contribution is -2.05. The second-order valence-corrected chi connectivity index (χ2v) is 6.74. The summed E-state index contributed by atoms with van der Waals surface area (Å²) in [6, 6.07) is 4.56. The predicted molar refractivity (Wildman–Crippen MR) is 103 cm³/mol. The lowest BCUT2D eigenvalue weighted by Gasteiger charge is -2.22. The first-order valence-corrected chi connectivity index (χ1v) is 9.45. The Hall–Kier alpha value is -1.24. The van der Waals surface area contributed by atoms with E-state index in [-0.39, 0.29) is 0 Å². The van der Waals surface area contributed by atoms with Gasteiger partial charge in [-0.25, -0.2) is 0 Å². The lowest BCUT2D eigenvalue weighted by molar-refractivity contribution is 0.408. The Morgan fingerprint density at radius 3 is 2.22 bits per heavy atom. The molecule has 1 aromatic rings. The molecule has 23 heavy (non-hydrogen) atoms. The Bertz CT molecular complexity index is 481. The zero-order valence-electron chi connectivity index (χ0n) is 16.0. The summed E-state index contributed by atoms with van der Waals surface area (Å²) in [4.78, 5) is 0. The van der Waals surface area contributed by atoms with Crippen LogP contribution in [0.1, 0.15) is 82.4 Å². The smallest absolute Gasteiger partial charge is 0.122 e. The minimum Gasteiger partial charge on any atom is -0.496 e. The molecule has 0 amide bonds. The monoisotopic (exact) mass is 316 g/mol. The maximum Gasteiger partial charge on any atom is 0.122 e. The number of hydrogen-bond acceptors (Lipinski definition) is 1. The van der Waals surface area contributed by atoms with Gasteiger partial charge in [-0.2, -0.15) is 0 Å². The Kier molecular flexibility index (Phi) is 9.06. The first-order valence-electron chi connectivity index (χ1n) is 9.45. The average molecular weight is 317 g/mol. The predicted octanol–water partition coefficient (Wildman–Crippen LogP) is 6.97. The summed E-state index contributed by atoms with van der Waals surface area (Å²) < 4.78 is 5.68. The normalized spacial score (nSPS) is 11.0. The average Bonchev–Trinajstić information content (AvgIpc) is 2.54. The van der Waals surface area contributed by atoms with Crippen molar-refractivity contribution in [1.82, 2.24) is 0 Å². The number of benzene rings is 1. The maximum atomic E-state index is 5.68. The van der Waals surface area contributed by atoms with Crippen molar-refractivity contribution >= 4 is 5.57 Å². The Morgan fingerprint density at radius 1 is 1.04 bits per heavy atom. The molecule has 1 rings (SSSR count). The van der Waals surface area contributed by atoms with Gasteiger partial charge in [0.25, 0.3) is 0 Å². The van der Waals surface area contributed by atoms with Crippen LogP contribution in [0.3, 0.4) is 0 Å². The van der Waals surface area contributed by atoms with Crippen molar-refractivity contribution in [3.8, 4) is 5.75 Å². The quantitative estimate of drug-likeness (QED) is 0.401. The van der Waals surface area contributed by atoms with Crippen LogP contribution in [0.25, 0.3) is 5.57 Å². The first-order chi connectivity index (χ1) is 11.1. The van der Waals surface area contributed by atoms with Crippen molar-refractivity contribution in [3.05, 3.63) is 35.4 Å². The highest BCUT2D eigenvalue weighted by Gasteiger charge is 2.17. The molecule has 0 bridgehead atoms. The SMILES string of the molecule is C=C(c1cc(OC)c(CCCCC)cc1C)C(CCC)CCC. The number of hydrogen-bond donors (Lipinski definition) is 0. The molecule has 1 heteroatoms. The van der Waals surface area contributed by atoms with Gasteiger partial charge >= 0.3 is 0 Å². The van der Waals surface area contributed by atoms with Gasteiger partial charge in [-0.1, -0.05) is 59.1 Å². The highest BCUT2D eigenvalue weighted by atomic mass is 16.5. The van der Waals surface area contributed by atoms with Crippen molar-refractivity contribution in [2.75, 3.05) is 7.11 Å². The fraction of sp³-hybridized carbons (Fsp3) is 0.636. The third-order valence-electron chi connectivity index (χ3n) is 4.79. The van der Waals surface area contributed by atoms with Crippen LogP contribution in [0.5, 0.6) is 5.75 Å². The molecule has 0 aliphatic heterocycles. The van der Waals surface area contributed by atoms with E-state index in [0.717, 1.165) is 12.2 Å². The molecule has 0 fully saturated rings. The number of aryl methyl sites for hydroxylation is 2. The first kappa shape index (κ1) is 19.8. The van der Waals surface area contributed by atoms with Gasteiger partial charge in [0.05, 0.1) is 7.11 Å². The van der Waals surface area contributed by atoms with Crippen molar-refractivity contribution in [2.24, 2.45) is 5.92 Å². The van der Waals surface area contributed by atoms with Gasteiger partial charge in [-0.05, 0) is 66.9 Å². The fourth-order valence-corrected chi connectivity index (χ4v) is 3.45. The van der Waals surface area contributed by atoms with Crippen molar-refractivity contribution in [3.63, 3.8) is 0 Å². The molecule has 0 aliphatic rings. The zero-order valence-corrected chi connectivity index (χ0v) is 16.0. The molecule has 130 valence electrons. The van der Waals surface area contributed by atoms with E-state index in [0.29, 0.717) is 5.92 Å². The number of ether oxygens (including phenoxy) is 1. The van der Waals surface area contributed by atoms with Crippen LogP contribution in [0.4, 0.5) is 0 Å². The van der Waals surface area contributed by atoms with Crippen LogP contribution in [0.15, 0.2) is 18.7 Å². The van der Waals surface area contributed by atoms with E-state index in [1.165, 1.54) is 67.2 Å². The Labute approximate surface area is 144 Å². The topological polar surface area (TPSA) is 9.23 Å². The molecule has 0 saturated carbocycles. The molecule has 1 nitrogen and oxygen atoms in total. The summed E-state index contributed by atoms with van der Waals surface area (Å²) in [6.07, 6.45) is 9.78. The van der Waals surface area contributed by atoms with Gasteiger partial charge in [-0.15, -0.1) is 0 Å². The summed E-state index contributed by atoms with van der Waals surface area (Å²) in [7, 11) is 1.79. The standard InChI is InChI=1S/C22H36O/c1-7-10-11-14-20-15-17(4)21(16-22(20)23-6)18(5)19(12-8-2)13-9-3/h15-16,19H,5,7-14H2,1-4,6H3. The fourth-order valence-electron chi connectivity index (χ4n) is 3.45. The second-order valence-electron chi connectivity index (χ2n) is 6.74. The van der Waals surface area contributed by atoms with E-state index >= 15 is 0 Å². The summed E-state index contributed by atoms with van der Waals surface area (Å²) >= 11 is 0.